The summed E-state index contributed by atoms with van der Waals surface area (Å²) in [4.78, 5) is 24.3. The molecule has 0 aromatic carbocycles. The first-order valence-corrected chi connectivity index (χ1v) is 7.16. The van der Waals surface area contributed by atoms with Crippen molar-refractivity contribution < 1.29 is 14.7 Å². The molecular weight excluding hydrogens is 240 g/mol. The van der Waals surface area contributed by atoms with Crippen LogP contribution in [0.2, 0.25) is 0 Å². The molecule has 6 heteroatoms. The standard InChI is InChI=1S/C11H18N2O3S/c1-2-3-7-4-8(7)12-11(16)13-6-17-5-9(13)10(14)15/h7-9H,2-6H2,1H3,(H,12,16)(H,14,15). The third kappa shape index (κ3) is 2.86. The van der Waals surface area contributed by atoms with E-state index in [2.05, 4.69) is 12.2 Å². The molecule has 0 radical (unpaired) electrons. The van der Waals surface area contributed by atoms with Crippen molar-refractivity contribution in [1.29, 1.82) is 0 Å². The number of carbonyl (C=O) groups is 2. The minimum atomic E-state index is -0.911. The molecule has 3 unspecified atom stereocenters. The third-order valence-electron chi connectivity index (χ3n) is 3.32. The first-order valence-electron chi connectivity index (χ1n) is 6.01. The molecule has 5 nitrogen and oxygen atoms in total. The Balaban J connectivity index is 1.82. The number of carbonyl (C=O) groups excluding carboxylic acids is 1. The fourth-order valence-corrected chi connectivity index (χ4v) is 3.35. The number of carboxylic acids is 1. The summed E-state index contributed by atoms with van der Waals surface area (Å²) >= 11 is 1.49. The molecule has 1 aliphatic heterocycles. The van der Waals surface area contributed by atoms with Crippen molar-refractivity contribution in [3.05, 3.63) is 0 Å². The molecule has 96 valence electrons. The molecule has 2 N–H and O–H groups in total. The van der Waals surface area contributed by atoms with Crippen molar-refractivity contribution in [2.75, 3.05) is 11.6 Å². The van der Waals surface area contributed by atoms with Crippen LogP contribution in [0.4, 0.5) is 4.79 Å². The lowest BCUT2D eigenvalue weighted by molar-refractivity contribution is -0.140. The van der Waals surface area contributed by atoms with Crippen LogP contribution in [0.15, 0.2) is 0 Å². The minimum absolute atomic E-state index is 0.217. The van der Waals surface area contributed by atoms with Crippen molar-refractivity contribution in [3.8, 4) is 0 Å². The quantitative estimate of drug-likeness (QED) is 0.798. The molecule has 0 aromatic rings. The Morgan fingerprint density at radius 2 is 2.29 bits per heavy atom. The number of amides is 2. The highest BCUT2D eigenvalue weighted by Crippen LogP contribution is 2.35. The van der Waals surface area contributed by atoms with E-state index in [9.17, 15) is 9.59 Å². The largest absolute Gasteiger partial charge is 0.480 e. The molecule has 3 atom stereocenters. The normalized spacial score (nSPS) is 31.4. The SMILES string of the molecule is CCCC1CC1NC(=O)N1CSCC1C(=O)O. The molecule has 2 aliphatic rings. The lowest BCUT2D eigenvalue weighted by Gasteiger charge is -2.20. The van der Waals surface area contributed by atoms with Crippen molar-refractivity contribution in [3.63, 3.8) is 0 Å². The highest BCUT2D eigenvalue weighted by Gasteiger charge is 2.41. The fourth-order valence-electron chi connectivity index (χ4n) is 2.20. The van der Waals surface area contributed by atoms with Gasteiger partial charge in [-0.1, -0.05) is 13.3 Å². The summed E-state index contributed by atoms with van der Waals surface area (Å²) in [6.45, 7) is 2.13. The van der Waals surface area contributed by atoms with Gasteiger partial charge in [0.25, 0.3) is 0 Å². The zero-order chi connectivity index (χ0) is 12.4. The van der Waals surface area contributed by atoms with Crippen LogP contribution >= 0.6 is 11.8 Å². The van der Waals surface area contributed by atoms with E-state index in [1.807, 2.05) is 0 Å². The monoisotopic (exact) mass is 258 g/mol. The number of carboxylic acid groups (broad SMARTS) is 1. The van der Waals surface area contributed by atoms with Crippen LogP contribution in [0.25, 0.3) is 0 Å². The molecular formula is C11H18N2O3S. The number of hydrogen-bond donors (Lipinski definition) is 2. The first-order chi connectivity index (χ1) is 8.13. The van der Waals surface area contributed by atoms with Crippen molar-refractivity contribution >= 4 is 23.8 Å². The second-order valence-electron chi connectivity index (χ2n) is 4.66. The topological polar surface area (TPSA) is 69.6 Å². The summed E-state index contributed by atoms with van der Waals surface area (Å²) in [5, 5.41) is 11.9. The third-order valence-corrected chi connectivity index (χ3v) is 4.33. The van der Waals surface area contributed by atoms with Crippen molar-refractivity contribution in [1.82, 2.24) is 10.2 Å². The van der Waals surface area contributed by atoms with Crippen LogP contribution in [-0.2, 0) is 4.79 Å². The van der Waals surface area contributed by atoms with Gasteiger partial charge in [-0.05, 0) is 18.8 Å². The van der Waals surface area contributed by atoms with Gasteiger partial charge in [-0.15, -0.1) is 11.8 Å². The molecule has 2 fully saturated rings. The zero-order valence-electron chi connectivity index (χ0n) is 9.89. The van der Waals surface area contributed by atoms with Gasteiger partial charge in [0, 0.05) is 11.8 Å². The number of nitrogens with zero attached hydrogens (tertiary/aromatic N) is 1. The molecule has 0 spiro atoms. The van der Waals surface area contributed by atoms with Crippen LogP contribution < -0.4 is 5.32 Å². The van der Waals surface area contributed by atoms with Gasteiger partial charge in [0.1, 0.15) is 6.04 Å². The second-order valence-corrected chi connectivity index (χ2v) is 5.66. The van der Waals surface area contributed by atoms with Gasteiger partial charge < -0.3 is 15.3 Å². The highest BCUT2D eigenvalue weighted by molar-refractivity contribution is 7.99. The molecule has 1 saturated carbocycles. The summed E-state index contributed by atoms with van der Waals surface area (Å²) in [5.41, 5.74) is 0. The summed E-state index contributed by atoms with van der Waals surface area (Å²) < 4.78 is 0. The molecule has 17 heavy (non-hydrogen) atoms. The molecule has 2 rings (SSSR count). The van der Waals surface area contributed by atoms with E-state index in [0.29, 0.717) is 17.5 Å². The maximum Gasteiger partial charge on any atom is 0.327 e. The van der Waals surface area contributed by atoms with Gasteiger partial charge in [0.2, 0.25) is 0 Å². The average molecular weight is 258 g/mol. The van der Waals surface area contributed by atoms with Crippen LogP contribution in [0.5, 0.6) is 0 Å². The highest BCUT2D eigenvalue weighted by atomic mass is 32.2. The van der Waals surface area contributed by atoms with E-state index in [-0.39, 0.29) is 12.1 Å². The van der Waals surface area contributed by atoms with Crippen LogP contribution in [0.3, 0.4) is 0 Å². The zero-order valence-corrected chi connectivity index (χ0v) is 10.7. The molecule has 1 heterocycles. The predicted octanol–water partition coefficient (Wildman–Crippen LogP) is 1.34. The van der Waals surface area contributed by atoms with E-state index in [1.165, 1.54) is 16.7 Å². The Morgan fingerprint density at radius 1 is 1.53 bits per heavy atom. The van der Waals surface area contributed by atoms with E-state index in [1.54, 1.807) is 0 Å². The summed E-state index contributed by atoms with van der Waals surface area (Å²) in [7, 11) is 0. The van der Waals surface area contributed by atoms with E-state index in [0.717, 1.165) is 19.3 Å². The molecule has 1 saturated heterocycles. The second kappa shape index (κ2) is 5.16. The number of aliphatic carboxylic acids is 1. The summed E-state index contributed by atoms with van der Waals surface area (Å²) in [5.74, 6) is 0.660. The molecule has 1 aliphatic carbocycles. The lowest BCUT2D eigenvalue weighted by Crippen LogP contribution is -2.47. The van der Waals surface area contributed by atoms with Gasteiger partial charge in [0.15, 0.2) is 0 Å². The van der Waals surface area contributed by atoms with E-state index < -0.39 is 12.0 Å². The molecule has 2 amide bonds. The Bertz CT molecular complexity index is 324. The number of rotatable bonds is 4. The van der Waals surface area contributed by atoms with Crippen molar-refractivity contribution in [2.45, 2.75) is 38.3 Å². The first kappa shape index (κ1) is 12.5. The van der Waals surface area contributed by atoms with Crippen LogP contribution in [0.1, 0.15) is 26.2 Å². The van der Waals surface area contributed by atoms with Crippen LogP contribution in [0, 0.1) is 5.92 Å². The van der Waals surface area contributed by atoms with Gasteiger partial charge in [-0.2, -0.15) is 0 Å². The number of hydrogen-bond acceptors (Lipinski definition) is 3. The van der Waals surface area contributed by atoms with Gasteiger partial charge in [0.05, 0.1) is 5.88 Å². The fraction of sp³-hybridized carbons (Fsp3) is 0.818. The smallest absolute Gasteiger partial charge is 0.327 e. The van der Waals surface area contributed by atoms with Crippen molar-refractivity contribution in [2.24, 2.45) is 5.92 Å². The molecule has 0 bridgehead atoms. The Kier molecular flexibility index (Phi) is 3.81. The van der Waals surface area contributed by atoms with Gasteiger partial charge in [-0.3, -0.25) is 0 Å². The van der Waals surface area contributed by atoms with Crippen LogP contribution in [-0.4, -0.2) is 45.7 Å². The van der Waals surface area contributed by atoms with Gasteiger partial charge in [-0.25, -0.2) is 9.59 Å². The van der Waals surface area contributed by atoms with E-state index in [4.69, 9.17) is 5.11 Å². The molecule has 0 aromatic heterocycles. The summed E-state index contributed by atoms with van der Waals surface area (Å²) in [6, 6.07) is -0.614. The predicted molar refractivity (Wildman–Crippen MR) is 65.9 cm³/mol. The number of urea groups is 1. The number of nitrogens with one attached hydrogen (secondary N) is 1. The maximum absolute atomic E-state index is 11.9. The minimum Gasteiger partial charge on any atom is -0.480 e. The average Bonchev–Trinajstić information content (AvgIpc) is 2.83. The number of thioether (sulfide) groups is 1. The Labute approximate surface area is 105 Å². The van der Waals surface area contributed by atoms with Gasteiger partial charge >= 0.3 is 12.0 Å². The maximum atomic E-state index is 11.9. The Morgan fingerprint density at radius 3 is 2.94 bits per heavy atom. The Hall–Kier alpha value is -0.910. The lowest BCUT2D eigenvalue weighted by atomic mass is 10.2. The summed E-state index contributed by atoms with van der Waals surface area (Å²) in [6.07, 6.45) is 3.31. The van der Waals surface area contributed by atoms with E-state index >= 15 is 0 Å².